The van der Waals surface area contributed by atoms with Crippen molar-refractivity contribution in [3.63, 3.8) is 0 Å². The summed E-state index contributed by atoms with van der Waals surface area (Å²) in [5.41, 5.74) is 1.59. The number of rotatable bonds is 10. The maximum absolute atomic E-state index is 13.2. The summed E-state index contributed by atoms with van der Waals surface area (Å²) in [5.74, 6) is 1.39. The molecule has 1 aliphatic rings. The lowest BCUT2D eigenvalue weighted by Gasteiger charge is -2.14. The molecule has 176 valence electrons. The first-order valence-corrected chi connectivity index (χ1v) is 12.7. The monoisotopic (exact) mass is 489 g/mol. The summed E-state index contributed by atoms with van der Waals surface area (Å²) in [6.07, 6.45) is 2.71. The number of carbonyl (C=O) groups is 1. The highest BCUT2D eigenvalue weighted by atomic mass is 32.2. The second kappa shape index (κ2) is 11.0. The lowest BCUT2D eigenvalue weighted by Crippen LogP contribution is -2.33. The van der Waals surface area contributed by atoms with Gasteiger partial charge in [-0.05, 0) is 48.4 Å². The molecule has 33 heavy (non-hydrogen) atoms. The van der Waals surface area contributed by atoms with Gasteiger partial charge in [-0.2, -0.15) is 0 Å². The van der Waals surface area contributed by atoms with Crippen molar-refractivity contribution in [1.29, 1.82) is 0 Å². The molecule has 0 bridgehead atoms. The molecule has 4 rings (SSSR count). The van der Waals surface area contributed by atoms with Gasteiger partial charge in [0.25, 0.3) is 5.56 Å². The summed E-state index contributed by atoms with van der Waals surface area (Å²) in [7, 11) is 3.19. The number of hydrogen-bond donors (Lipinski definition) is 1. The Kier molecular flexibility index (Phi) is 7.89. The van der Waals surface area contributed by atoms with E-state index in [0.717, 1.165) is 25.0 Å². The fourth-order valence-electron chi connectivity index (χ4n) is 3.72. The molecule has 0 radical (unpaired) electrons. The van der Waals surface area contributed by atoms with E-state index in [-0.39, 0.29) is 23.3 Å². The Hall–Kier alpha value is -2.56. The summed E-state index contributed by atoms with van der Waals surface area (Å²) >= 11 is 2.66. The van der Waals surface area contributed by atoms with Crippen LogP contribution in [-0.4, -0.2) is 54.7 Å². The molecule has 1 unspecified atom stereocenters. The number of aromatic nitrogens is 2. The number of thioether (sulfide) groups is 1. The van der Waals surface area contributed by atoms with Crippen molar-refractivity contribution in [2.24, 2.45) is 0 Å². The van der Waals surface area contributed by atoms with Gasteiger partial charge in [0.1, 0.15) is 4.70 Å². The Labute approximate surface area is 200 Å². The fourth-order valence-corrected chi connectivity index (χ4v) is 5.36. The predicted octanol–water partition coefficient (Wildman–Crippen LogP) is 3.11. The first-order valence-electron chi connectivity index (χ1n) is 10.8. The molecule has 1 atom stereocenters. The van der Waals surface area contributed by atoms with Gasteiger partial charge in [0.2, 0.25) is 5.91 Å². The van der Waals surface area contributed by atoms with Gasteiger partial charge in [-0.3, -0.25) is 14.2 Å². The van der Waals surface area contributed by atoms with Crippen LogP contribution in [-0.2, 0) is 22.5 Å². The molecule has 0 saturated carbocycles. The number of aryl methyl sites for hydroxylation is 1. The van der Waals surface area contributed by atoms with Crippen LogP contribution in [0.5, 0.6) is 11.5 Å². The number of benzene rings is 1. The zero-order valence-corrected chi connectivity index (χ0v) is 20.3. The molecule has 0 spiro atoms. The summed E-state index contributed by atoms with van der Waals surface area (Å²) in [6, 6.07) is 7.55. The van der Waals surface area contributed by atoms with Crippen molar-refractivity contribution in [2.75, 3.05) is 33.1 Å². The predicted molar refractivity (Wildman–Crippen MR) is 130 cm³/mol. The smallest absolute Gasteiger partial charge is 0.272 e. The molecule has 2 aromatic heterocycles. The van der Waals surface area contributed by atoms with Crippen LogP contribution in [0.3, 0.4) is 0 Å². The fraction of sp³-hybridized carbons (Fsp3) is 0.435. The Morgan fingerprint density at radius 1 is 1.30 bits per heavy atom. The maximum Gasteiger partial charge on any atom is 0.272 e. The van der Waals surface area contributed by atoms with Crippen molar-refractivity contribution in [3.05, 3.63) is 45.6 Å². The van der Waals surface area contributed by atoms with E-state index in [4.69, 9.17) is 14.2 Å². The van der Waals surface area contributed by atoms with E-state index in [9.17, 15) is 9.59 Å². The third kappa shape index (κ3) is 5.69. The number of nitrogens with one attached hydrogen (secondary N) is 1. The first-order chi connectivity index (χ1) is 16.1. The summed E-state index contributed by atoms with van der Waals surface area (Å²) in [6.45, 7) is 1.71. The minimum Gasteiger partial charge on any atom is -0.493 e. The molecular formula is C23H27N3O5S2. The Morgan fingerprint density at radius 2 is 2.15 bits per heavy atom. The molecular weight excluding hydrogens is 462 g/mol. The molecule has 1 aromatic carbocycles. The van der Waals surface area contributed by atoms with Crippen LogP contribution >= 0.6 is 23.1 Å². The quantitative estimate of drug-likeness (QED) is 0.346. The van der Waals surface area contributed by atoms with Crippen LogP contribution in [0.15, 0.2) is 39.6 Å². The molecule has 0 aliphatic carbocycles. The van der Waals surface area contributed by atoms with Gasteiger partial charge in [-0.15, -0.1) is 11.3 Å². The molecule has 1 N–H and O–H groups in total. The van der Waals surface area contributed by atoms with E-state index in [2.05, 4.69) is 10.3 Å². The average molecular weight is 490 g/mol. The average Bonchev–Trinajstić information content (AvgIpc) is 3.53. The van der Waals surface area contributed by atoms with Gasteiger partial charge >= 0.3 is 0 Å². The van der Waals surface area contributed by atoms with E-state index in [1.54, 1.807) is 18.8 Å². The van der Waals surface area contributed by atoms with E-state index in [1.165, 1.54) is 23.1 Å². The zero-order chi connectivity index (χ0) is 23.2. The minimum atomic E-state index is -0.0957. The Bertz CT molecular complexity index is 1170. The van der Waals surface area contributed by atoms with E-state index < -0.39 is 0 Å². The second-order valence-electron chi connectivity index (χ2n) is 7.65. The van der Waals surface area contributed by atoms with Gasteiger partial charge in [0.05, 0.1) is 31.6 Å². The molecule has 3 heterocycles. The normalized spacial score (nSPS) is 15.6. The van der Waals surface area contributed by atoms with Crippen molar-refractivity contribution in [2.45, 2.75) is 37.1 Å². The Morgan fingerprint density at radius 3 is 2.91 bits per heavy atom. The van der Waals surface area contributed by atoms with Crippen LogP contribution in [0.2, 0.25) is 0 Å². The molecule has 1 saturated heterocycles. The summed E-state index contributed by atoms with van der Waals surface area (Å²) in [5, 5.41) is 5.32. The Balaban J connectivity index is 1.48. The molecule has 1 aliphatic heterocycles. The number of ether oxygens (including phenoxy) is 3. The lowest BCUT2D eigenvalue weighted by molar-refractivity contribution is -0.119. The summed E-state index contributed by atoms with van der Waals surface area (Å²) < 4.78 is 18.5. The lowest BCUT2D eigenvalue weighted by atomic mass is 10.1. The topological polar surface area (TPSA) is 91.7 Å². The number of thiophene rings is 1. The van der Waals surface area contributed by atoms with Gasteiger partial charge in [-0.25, -0.2) is 4.98 Å². The highest BCUT2D eigenvalue weighted by Gasteiger charge is 2.18. The van der Waals surface area contributed by atoms with Gasteiger partial charge in [0, 0.05) is 19.7 Å². The SMILES string of the molecule is COc1ccc(CCn2c(SCC(=O)NCC3CCCO3)nc3ccsc3c2=O)cc1OC. The summed E-state index contributed by atoms with van der Waals surface area (Å²) in [4.78, 5) is 30.2. The largest absolute Gasteiger partial charge is 0.493 e. The molecule has 8 nitrogen and oxygen atoms in total. The van der Waals surface area contributed by atoms with Crippen molar-refractivity contribution < 1.29 is 19.0 Å². The van der Waals surface area contributed by atoms with E-state index in [0.29, 0.717) is 46.4 Å². The number of hydrogen-bond acceptors (Lipinski definition) is 8. The van der Waals surface area contributed by atoms with Crippen LogP contribution in [0.25, 0.3) is 10.2 Å². The minimum absolute atomic E-state index is 0.0854. The number of amides is 1. The molecule has 10 heteroatoms. The van der Waals surface area contributed by atoms with Crippen molar-refractivity contribution in [1.82, 2.24) is 14.9 Å². The van der Waals surface area contributed by atoms with Gasteiger partial charge < -0.3 is 19.5 Å². The van der Waals surface area contributed by atoms with Crippen LogP contribution in [0.1, 0.15) is 18.4 Å². The van der Waals surface area contributed by atoms with Gasteiger partial charge in [-0.1, -0.05) is 17.8 Å². The highest BCUT2D eigenvalue weighted by molar-refractivity contribution is 7.99. The molecule has 1 fully saturated rings. The van der Waals surface area contributed by atoms with Gasteiger partial charge in [0.15, 0.2) is 16.7 Å². The number of carbonyl (C=O) groups excluding carboxylic acids is 1. The van der Waals surface area contributed by atoms with Crippen molar-refractivity contribution in [3.8, 4) is 11.5 Å². The van der Waals surface area contributed by atoms with E-state index in [1.807, 2.05) is 29.6 Å². The van der Waals surface area contributed by atoms with E-state index >= 15 is 0 Å². The van der Waals surface area contributed by atoms with Crippen LogP contribution in [0.4, 0.5) is 0 Å². The first kappa shape index (κ1) is 23.6. The second-order valence-corrected chi connectivity index (χ2v) is 9.51. The zero-order valence-electron chi connectivity index (χ0n) is 18.7. The maximum atomic E-state index is 13.2. The van der Waals surface area contributed by atoms with Crippen LogP contribution < -0.4 is 20.3 Å². The number of methoxy groups -OCH3 is 2. The molecule has 3 aromatic rings. The third-order valence-electron chi connectivity index (χ3n) is 5.49. The van der Waals surface area contributed by atoms with Crippen LogP contribution in [0, 0.1) is 0 Å². The standard InChI is InChI=1S/C23H27N3O5S2/c1-29-18-6-5-15(12-19(18)30-2)7-9-26-22(28)21-17(8-11-32-21)25-23(26)33-14-20(27)24-13-16-4-3-10-31-16/h5-6,8,11-12,16H,3-4,7,9-10,13-14H2,1-2H3,(H,24,27). The third-order valence-corrected chi connectivity index (χ3v) is 7.35. The highest BCUT2D eigenvalue weighted by Crippen LogP contribution is 2.28. The number of nitrogens with zero attached hydrogens (tertiary/aromatic N) is 2. The number of fused-ring (bicyclic) bond motifs is 1. The molecule has 1 amide bonds. The van der Waals surface area contributed by atoms with Crippen molar-refractivity contribution >= 4 is 39.2 Å².